The minimum absolute atomic E-state index is 0.0753. The van der Waals surface area contributed by atoms with Gasteiger partial charge in [0.1, 0.15) is 5.75 Å². The van der Waals surface area contributed by atoms with E-state index in [1.807, 2.05) is 13.0 Å². The largest absolute Gasteiger partial charge is 0.505 e. The summed E-state index contributed by atoms with van der Waals surface area (Å²) in [6.07, 6.45) is 4.35. The molecule has 0 unspecified atom stereocenters. The Morgan fingerprint density at radius 2 is 2.16 bits per heavy atom. The smallest absolute Gasteiger partial charge is 0.182 e. The van der Waals surface area contributed by atoms with Crippen molar-refractivity contribution in [1.29, 1.82) is 0 Å². The lowest BCUT2D eigenvalue weighted by Gasteiger charge is -2.09. The van der Waals surface area contributed by atoms with Crippen molar-refractivity contribution in [3.63, 3.8) is 0 Å². The predicted molar refractivity (Wildman–Crippen MR) is 74.1 cm³/mol. The molecular weight excluding hydrogens is 242 g/mol. The van der Waals surface area contributed by atoms with Crippen LogP contribution < -0.4 is 0 Å². The fourth-order valence-corrected chi connectivity index (χ4v) is 2.15. The fraction of sp³-hybridized carbons (Fsp3) is 0.357. The second kappa shape index (κ2) is 4.84. The van der Waals surface area contributed by atoms with Crippen LogP contribution in [0.3, 0.4) is 0 Å². The number of carbonyl (C=O) groups excluding carboxylic acids is 1. The van der Waals surface area contributed by atoms with Gasteiger partial charge in [0.05, 0.1) is 16.6 Å². The molecule has 1 N–H and O–H groups in total. The van der Waals surface area contributed by atoms with Gasteiger partial charge in [-0.1, -0.05) is 19.9 Å². The number of hydrogen-bond donors (Lipinski definition) is 1. The van der Waals surface area contributed by atoms with Crippen molar-refractivity contribution in [1.82, 2.24) is 14.8 Å². The molecular formula is C14H17N3O2. The SMILES string of the molecule is C/C=C(\C(C)C)n1cc2c(C=O)c(O)c(C)nc2n1. The molecule has 19 heavy (non-hydrogen) atoms. The van der Waals surface area contributed by atoms with Crippen LogP contribution in [0.15, 0.2) is 12.3 Å². The minimum Gasteiger partial charge on any atom is -0.505 e. The van der Waals surface area contributed by atoms with E-state index < -0.39 is 0 Å². The highest BCUT2D eigenvalue weighted by atomic mass is 16.3. The van der Waals surface area contributed by atoms with E-state index in [4.69, 9.17) is 0 Å². The van der Waals surface area contributed by atoms with Gasteiger partial charge in [-0.2, -0.15) is 0 Å². The zero-order valence-corrected chi connectivity index (χ0v) is 11.5. The van der Waals surface area contributed by atoms with Gasteiger partial charge in [-0.05, 0) is 19.8 Å². The molecule has 0 bridgehead atoms. The number of aromatic hydroxyl groups is 1. The van der Waals surface area contributed by atoms with Crippen LogP contribution in [0.2, 0.25) is 0 Å². The number of rotatable bonds is 3. The molecule has 2 aromatic rings. The number of carbonyl (C=O) groups is 1. The van der Waals surface area contributed by atoms with Crippen molar-refractivity contribution >= 4 is 23.0 Å². The summed E-state index contributed by atoms with van der Waals surface area (Å²) in [6.45, 7) is 7.73. The molecule has 0 amide bonds. The number of aryl methyl sites for hydroxylation is 1. The third-order valence-corrected chi connectivity index (χ3v) is 3.13. The van der Waals surface area contributed by atoms with Crippen LogP contribution in [0.5, 0.6) is 5.75 Å². The Morgan fingerprint density at radius 1 is 1.47 bits per heavy atom. The Labute approximate surface area is 111 Å². The zero-order valence-electron chi connectivity index (χ0n) is 11.5. The molecule has 0 atom stereocenters. The number of aldehydes is 1. The minimum atomic E-state index is -0.0753. The van der Waals surface area contributed by atoms with E-state index in [0.717, 1.165) is 5.70 Å². The first kappa shape index (κ1) is 13.3. The quantitative estimate of drug-likeness (QED) is 0.860. The maximum absolute atomic E-state index is 11.1. The van der Waals surface area contributed by atoms with Crippen LogP contribution in [-0.2, 0) is 0 Å². The molecule has 0 aliphatic heterocycles. The summed E-state index contributed by atoms with van der Waals surface area (Å²) in [4.78, 5) is 15.3. The number of aromatic nitrogens is 3. The van der Waals surface area contributed by atoms with Crippen LogP contribution in [-0.4, -0.2) is 26.2 Å². The number of hydrogen-bond acceptors (Lipinski definition) is 4. The number of fused-ring (bicyclic) bond motifs is 1. The Morgan fingerprint density at radius 3 is 2.68 bits per heavy atom. The van der Waals surface area contributed by atoms with Crippen LogP contribution in [0.25, 0.3) is 16.7 Å². The maximum Gasteiger partial charge on any atom is 0.182 e. The highest BCUT2D eigenvalue weighted by Crippen LogP contribution is 2.28. The molecule has 0 aliphatic carbocycles. The van der Waals surface area contributed by atoms with Gasteiger partial charge in [0, 0.05) is 11.9 Å². The molecule has 0 spiro atoms. The molecule has 5 heteroatoms. The standard InChI is InChI=1S/C14H17N3O2/c1-5-12(8(2)3)17-6-10-11(7-18)13(19)9(4)15-14(10)16-17/h5-8,19H,1-4H3/b12-5+. The molecule has 2 heterocycles. The average Bonchev–Trinajstić information content (AvgIpc) is 2.74. The van der Waals surface area contributed by atoms with Crippen LogP contribution >= 0.6 is 0 Å². The van der Waals surface area contributed by atoms with Gasteiger partial charge in [-0.25, -0.2) is 9.67 Å². The summed E-state index contributed by atoms with van der Waals surface area (Å²) < 4.78 is 1.72. The predicted octanol–water partition coefficient (Wildman–Crippen LogP) is 2.77. The van der Waals surface area contributed by atoms with Gasteiger partial charge in [-0.3, -0.25) is 4.79 Å². The Hall–Kier alpha value is -2.17. The molecule has 0 aliphatic rings. The van der Waals surface area contributed by atoms with E-state index in [0.29, 0.717) is 28.9 Å². The van der Waals surface area contributed by atoms with Gasteiger partial charge < -0.3 is 5.11 Å². The fourth-order valence-electron chi connectivity index (χ4n) is 2.15. The Bertz CT molecular complexity index is 669. The molecule has 0 aromatic carbocycles. The second-order valence-corrected chi connectivity index (χ2v) is 4.76. The summed E-state index contributed by atoms with van der Waals surface area (Å²) >= 11 is 0. The maximum atomic E-state index is 11.1. The highest BCUT2D eigenvalue weighted by molar-refractivity contribution is 5.98. The van der Waals surface area contributed by atoms with Crippen LogP contribution in [0.4, 0.5) is 0 Å². The first-order valence-electron chi connectivity index (χ1n) is 6.20. The lowest BCUT2D eigenvalue weighted by atomic mass is 10.1. The first-order chi connectivity index (χ1) is 8.99. The molecule has 100 valence electrons. The Kier molecular flexibility index (Phi) is 3.38. The third-order valence-electron chi connectivity index (χ3n) is 3.13. The van der Waals surface area contributed by atoms with Gasteiger partial charge in [0.15, 0.2) is 11.9 Å². The van der Waals surface area contributed by atoms with Crippen molar-refractivity contribution in [2.75, 3.05) is 0 Å². The van der Waals surface area contributed by atoms with E-state index in [-0.39, 0.29) is 11.3 Å². The molecule has 0 saturated carbocycles. The zero-order chi connectivity index (χ0) is 14.2. The highest BCUT2D eigenvalue weighted by Gasteiger charge is 2.16. The van der Waals surface area contributed by atoms with E-state index in [1.54, 1.807) is 17.8 Å². The monoisotopic (exact) mass is 259 g/mol. The van der Waals surface area contributed by atoms with Gasteiger partial charge >= 0.3 is 0 Å². The van der Waals surface area contributed by atoms with Crippen LogP contribution in [0, 0.1) is 12.8 Å². The summed E-state index contributed by atoms with van der Waals surface area (Å²) in [5, 5.41) is 14.8. The molecule has 2 aromatic heterocycles. The molecule has 0 saturated heterocycles. The first-order valence-corrected chi connectivity index (χ1v) is 6.20. The lowest BCUT2D eigenvalue weighted by Crippen LogP contribution is -2.03. The van der Waals surface area contributed by atoms with E-state index in [1.165, 1.54) is 0 Å². The van der Waals surface area contributed by atoms with Crippen molar-refractivity contribution in [3.05, 3.63) is 23.5 Å². The Balaban J connectivity index is 2.74. The summed E-state index contributed by atoms with van der Waals surface area (Å²) in [7, 11) is 0. The van der Waals surface area contributed by atoms with E-state index >= 15 is 0 Å². The van der Waals surface area contributed by atoms with Crippen molar-refractivity contribution < 1.29 is 9.90 Å². The van der Waals surface area contributed by atoms with E-state index in [2.05, 4.69) is 23.9 Å². The van der Waals surface area contributed by atoms with Crippen molar-refractivity contribution in [2.24, 2.45) is 5.92 Å². The van der Waals surface area contributed by atoms with Gasteiger partial charge in [0.2, 0.25) is 0 Å². The summed E-state index contributed by atoms with van der Waals surface area (Å²) in [5.74, 6) is 0.224. The van der Waals surface area contributed by atoms with Gasteiger partial charge in [0.25, 0.3) is 0 Å². The third kappa shape index (κ3) is 2.12. The second-order valence-electron chi connectivity index (χ2n) is 4.76. The number of nitrogens with zero attached hydrogens (tertiary/aromatic N) is 3. The number of allylic oxidation sites excluding steroid dienone is 2. The molecule has 0 fully saturated rings. The normalized spacial score (nSPS) is 12.4. The average molecular weight is 259 g/mol. The van der Waals surface area contributed by atoms with E-state index in [9.17, 15) is 9.90 Å². The topological polar surface area (TPSA) is 68.0 Å². The van der Waals surface area contributed by atoms with Gasteiger partial charge in [-0.15, -0.1) is 5.10 Å². The molecule has 5 nitrogen and oxygen atoms in total. The van der Waals surface area contributed by atoms with Crippen LogP contribution in [0.1, 0.15) is 36.8 Å². The summed E-state index contributed by atoms with van der Waals surface area (Å²) in [6, 6.07) is 0. The summed E-state index contributed by atoms with van der Waals surface area (Å²) in [5.41, 5.74) is 2.14. The number of pyridine rings is 1. The van der Waals surface area contributed by atoms with Crippen molar-refractivity contribution in [3.8, 4) is 5.75 Å². The molecule has 2 rings (SSSR count). The van der Waals surface area contributed by atoms with Crippen molar-refractivity contribution in [2.45, 2.75) is 27.7 Å². The molecule has 0 radical (unpaired) electrons. The lowest BCUT2D eigenvalue weighted by molar-refractivity contribution is 0.112.